The van der Waals surface area contributed by atoms with E-state index in [4.69, 9.17) is 4.52 Å². The monoisotopic (exact) mass is 501 g/mol. The van der Waals surface area contributed by atoms with Gasteiger partial charge in [0.1, 0.15) is 0 Å². The van der Waals surface area contributed by atoms with Crippen LogP contribution in [0, 0.1) is 35.0 Å². The quantitative estimate of drug-likeness (QED) is 0.464. The second-order valence-corrected chi connectivity index (χ2v) is 12.4. The smallest absolute Gasteiger partial charge is 0.203 e. The van der Waals surface area contributed by atoms with Crippen molar-refractivity contribution < 1.29 is 9.63 Å². The maximum absolute atomic E-state index is 10.6. The van der Waals surface area contributed by atoms with Gasteiger partial charge < -0.3 is 9.63 Å². The van der Waals surface area contributed by atoms with E-state index >= 15 is 0 Å². The van der Waals surface area contributed by atoms with Gasteiger partial charge in [-0.3, -0.25) is 0 Å². The van der Waals surface area contributed by atoms with Crippen molar-refractivity contribution in [2.45, 2.75) is 88.2 Å². The molecule has 0 spiro atoms. The van der Waals surface area contributed by atoms with E-state index in [1.807, 2.05) is 0 Å². The summed E-state index contributed by atoms with van der Waals surface area (Å²) in [5, 5.41) is 16.0. The molecule has 0 amide bonds. The van der Waals surface area contributed by atoms with Gasteiger partial charge in [-0.2, -0.15) is 0 Å². The van der Waals surface area contributed by atoms with Crippen LogP contribution in [0.15, 0.2) is 15.7 Å². The highest BCUT2D eigenvalue weighted by molar-refractivity contribution is 14.2. The van der Waals surface area contributed by atoms with E-state index in [1.165, 1.54) is 50.6 Å². The number of fused-ring (bicyclic) bond motifs is 5. The fourth-order valence-corrected chi connectivity index (χ4v) is 8.89. The first-order valence-electron chi connectivity index (χ1n) is 10.9. The van der Waals surface area contributed by atoms with Gasteiger partial charge in [0, 0.05) is 33.2 Å². The van der Waals surface area contributed by atoms with Gasteiger partial charge in [0.05, 0.1) is 11.3 Å². The normalized spacial score (nSPS) is 49.3. The molecule has 27 heavy (non-hydrogen) atoms. The molecule has 0 saturated heterocycles. The Morgan fingerprint density at radius 2 is 1.89 bits per heavy atom. The molecule has 4 aliphatic carbocycles. The van der Waals surface area contributed by atoms with Gasteiger partial charge in [-0.25, -0.2) is 0 Å². The van der Waals surface area contributed by atoms with E-state index in [0.29, 0.717) is 11.3 Å². The summed E-state index contributed by atoms with van der Waals surface area (Å²) in [6, 6.07) is 2.20. The van der Waals surface area contributed by atoms with Crippen molar-refractivity contribution in [1.82, 2.24) is 5.16 Å². The average molecular weight is 501 g/mol. The van der Waals surface area contributed by atoms with E-state index in [9.17, 15) is 5.11 Å². The van der Waals surface area contributed by atoms with Crippen molar-refractivity contribution >= 4 is 30.1 Å². The number of rotatable bonds is 2. The van der Waals surface area contributed by atoms with Crippen LogP contribution in [0.1, 0.15) is 83.2 Å². The van der Waals surface area contributed by atoms with Crippen LogP contribution in [0.2, 0.25) is 0 Å². The predicted octanol–water partition coefficient (Wildman–Crippen LogP) is 6.60. The van der Waals surface area contributed by atoms with Gasteiger partial charge in [0.25, 0.3) is 0 Å². The number of halogens is 1. The third-order valence-electron chi connectivity index (χ3n) is 9.18. The van der Waals surface area contributed by atoms with Gasteiger partial charge >= 0.3 is 0 Å². The highest BCUT2D eigenvalue weighted by Crippen LogP contribution is 2.66. The molecule has 4 fully saturated rings. The Kier molecular flexibility index (Phi) is 4.91. The summed E-state index contributed by atoms with van der Waals surface area (Å²) in [6.45, 7) is 4.63. The lowest BCUT2D eigenvalue weighted by Crippen LogP contribution is -2.50. The second-order valence-electron chi connectivity index (χ2n) is 10.5. The number of hydrogen-bond acceptors (Lipinski definition) is 4. The SMILES string of the molecule is C[C@@]1(O)CC[C@H]2[C@H](CC[C@@H]3[C@@H]2CC[C@]2(C)[C@@H](c4cc(SI)on4)CC[C@@H]32)C1. The lowest BCUT2D eigenvalue weighted by atomic mass is 9.49. The molecule has 5 rings (SSSR count). The van der Waals surface area contributed by atoms with Gasteiger partial charge in [0.15, 0.2) is 0 Å². The molecular formula is C22H32INO2S. The van der Waals surface area contributed by atoms with Crippen LogP contribution in [0.25, 0.3) is 0 Å². The molecule has 0 aromatic carbocycles. The molecule has 4 aliphatic rings. The van der Waals surface area contributed by atoms with Gasteiger partial charge in [0.2, 0.25) is 5.09 Å². The van der Waals surface area contributed by atoms with Crippen molar-refractivity contribution in [1.29, 1.82) is 0 Å². The van der Waals surface area contributed by atoms with Crippen molar-refractivity contribution in [3.63, 3.8) is 0 Å². The Bertz CT molecular complexity index is 706. The highest BCUT2D eigenvalue weighted by Gasteiger charge is 2.58. The van der Waals surface area contributed by atoms with Crippen LogP contribution in [0.3, 0.4) is 0 Å². The molecule has 1 N–H and O–H groups in total. The van der Waals surface area contributed by atoms with Crippen LogP contribution in [0.4, 0.5) is 0 Å². The zero-order valence-corrected chi connectivity index (χ0v) is 19.5. The van der Waals surface area contributed by atoms with Crippen molar-refractivity contribution in [2.75, 3.05) is 0 Å². The highest BCUT2D eigenvalue weighted by atomic mass is 127. The van der Waals surface area contributed by atoms with Crippen molar-refractivity contribution in [2.24, 2.45) is 35.0 Å². The summed E-state index contributed by atoms with van der Waals surface area (Å²) in [4.78, 5) is 0. The predicted molar refractivity (Wildman–Crippen MR) is 117 cm³/mol. The number of aliphatic hydroxyl groups is 1. The van der Waals surface area contributed by atoms with Crippen molar-refractivity contribution in [3.05, 3.63) is 11.8 Å². The fourth-order valence-electron chi connectivity index (χ4n) is 8.04. The molecule has 0 radical (unpaired) electrons. The number of nitrogens with zero attached hydrogens (tertiary/aromatic N) is 1. The van der Waals surface area contributed by atoms with Crippen LogP contribution in [0.5, 0.6) is 0 Å². The summed E-state index contributed by atoms with van der Waals surface area (Å²) < 4.78 is 5.53. The second kappa shape index (κ2) is 6.90. The summed E-state index contributed by atoms with van der Waals surface area (Å²) in [6.07, 6.45) is 11.4. The van der Waals surface area contributed by atoms with Crippen molar-refractivity contribution in [3.8, 4) is 0 Å². The molecule has 3 nitrogen and oxygen atoms in total. The zero-order chi connectivity index (χ0) is 18.8. The Balaban J connectivity index is 1.37. The van der Waals surface area contributed by atoms with E-state index in [1.54, 1.807) is 8.93 Å². The summed E-state index contributed by atoms with van der Waals surface area (Å²) >= 11 is 2.28. The number of aromatic nitrogens is 1. The molecule has 5 heteroatoms. The van der Waals surface area contributed by atoms with Gasteiger partial charge in [-0.1, -0.05) is 12.1 Å². The molecule has 0 bridgehead atoms. The topological polar surface area (TPSA) is 46.3 Å². The maximum Gasteiger partial charge on any atom is 0.203 e. The lowest BCUT2D eigenvalue weighted by molar-refractivity contribution is -0.0960. The van der Waals surface area contributed by atoms with E-state index in [2.05, 4.69) is 46.3 Å². The van der Waals surface area contributed by atoms with Crippen LogP contribution >= 0.6 is 30.1 Å². The summed E-state index contributed by atoms with van der Waals surface area (Å²) in [5.74, 6) is 4.90. The number of hydrogen-bond donors (Lipinski definition) is 1. The molecule has 4 saturated carbocycles. The van der Waals surface area contributed by atoms with E-state index in [0.717, 1.165) is 47.5 Å². The minimum absolute atomic E-state index is 0.401. The van der Waals surface area contributed by atoms with Gasteiger partial charge in [-0.15, -0.1) is 0 Å². The van der Waals surface area contributed by atoms with Crippen LogP contribution < -0.4 is 0 Å². The van der Waals surface area contributed by atoms with E-state index in [-0.39, 0.29) is 0 Å². The molecular weight excluding hydrogens is 469 g/mol. The van der Waals surface area contributed by atoms with Crippen LogP contribution in [-0.2, 0) is 0 Å². The molecule has 150 valence electrons. The summed E-state index contributed by atoms with van der Waals surface area (Å²) in [5.41, 5.74) is 1.20. The Hall–Kier alpha value is 0.250. The molecule has 1 aromatic rings. The first-order chi connectivity index (χ1) is 12.9. The molecule has 0 aliphatic heterocycles. The maximum atomic E-state index is 10.6. The molecule has 8 atom stereocenters. The molecule has 1 heterocycles. The lowest BCUT2D eigenvalue weighted by Gasteiger charge is -2.56. The Morgan fingerprint density at radius 3 is 2.67 bits per heavy atom. The van der Waals surface area contributed by atoms with E-state index < -0.39 is 5.60 Å². The molecule has 1 aromatic heterocycles. The molecule has 0 unspecified atom stereocenters. The third kappa shape index (κ3) is 3.13. The summed E-state index contributed by atoms with van der Waals surface area (Å²) in [7, 11) is 1.63. The zero-order valence-electron chi connectivity index (χ0n) is 16.5. The average Bonchev–Trinajstić information content (AvgIpc) is 3.23. The standard InChI is InChI=1S/C22H32INO2S/c1-21(25)9-7-14-13(12-21)3-4-16-15(14)8-10-22(2)17(16)5-6-18(22)19-11-20(27-23)26-24-19/h11,13-18,25H,3-10,12H2,1-2H3/t13-,14+,15-,16-,17+,18-,21-,22+/m1/s1. The Morgan fingerprint density at radius 1 is 1.07 bits per heavy atom. The first-order valence-corrected chi connectivity index (χ1v) is 14.2. The largest absolute Gasteiger partial charge is 0.390 e. The van der Waals surface area contributed by atoms with Crippen LogP contribution in [-0.4, -0.2) is 15.9 Å². The van der Waals surface area contributed by atoms with Gasteiger partial charge in [-0.05, 0) is 109 Å². The fraction of sp³-hybridized carbons (Fsp3) is 0.864. The Labute approximate surface area is 179 Å². The minimum Gasteiger partial charge on any atom is -0.390 e. The first kappa shape index (κ1) is 19.2. The minimum atomic E-state index is -0.406. The third-order valence-corrected chi connectivity index (χ3v) is 10.8.